The van der Waals surface area contributed by atoms with E-state index in [1.165, 1.54) is 11.3 Å². The van der Waals surface area contributed by atoms with Crippen molar-refractivity contribution in [3.63, 3.8) is 0 Å². The molecular weight excluding hydrogens is 340 g/mol. The van der Waals surface area contributed by atoms with Gasteiger partial charge in [-0.2, -0.15) is 4.98 Å². The summed E-state index contributed by atoms with van der Waals surface area (Å²) in [6.07, 6.45) is 0. The summed E-state index contributed by atoms with van der Waals surface area (Å²) in [5, 5.41) is 3.79. The lowest BCUT2D eigenvalue weighted by molar-refractivity contribution is 0.0952. The number of aryl methyl sites for hydroxylation is 1. The van der Waals surface area contributed by atoms with Crippen molar-refractivity contribution in [1.82, 2.24) is 20.2 Å². The minimum Gasteiger partial charge on any atom is -0.480 e. The summed E-state index contributed by atoms with van der Waals surface area (Å²) in [5.74, 6) is 0.942. The molecule has 0 aliphatic rings. The highest BCUT2D eigenvalue weighted by Gasteiger charge is 2.21. The number of methoxy groups -OCH3 is 2. The Bertz CT molecular complexity index is 728. The fourth-order valence-electron chi connectivity index (χ4n) is 2.65. The van der Waals surface area contributed by atoms with E-state index in [-0.39, 0.29) is 5.91 Å². The Balaban J connectivity index is 2.23. The molecule has 0 atom stereocenters. The van der Waals surface area contributed by atoms with Gasteiger partial charge in [-0.25, -0.2) is 4.98 Å². The molecule has 2 aromatic heterocycles. The fraction of sp³-hybridized carbons (Fsp3) is 0.588. The van der Waals surface area contributed by atoms with Crippen LogP contribution < -0.4 is 10.1 Å². The molecule has 7 nitrogen and oxygen atoms in total. The molecule has 0 aliphatic carbocycles. The highest BCUT2D eigenvalue weighted by atomic mass is 32.1. The molecule has 2 heterocycles. The van der Waals surface area contributed by atoms with Gasteiger partial charge in [0.25, 0.3) is 5.91 Å². The van der Waals surface area contributed by atoms with E-state index in [9.17, 15) is 4.79 Å². The van der Waals surface area contributed by atoms with Gasteiger partial charge in [0, 0.05) is 20.2 Å². The Hall–Kier alpha value is -1.77. The maximum Gasteiger partial charge on any atom is 0.261 e. The Kier molecular flexibility index (Phi) is 7.10. The second-order valence-electron chi connectivity index (χ2n) is 5.60. The van der Waals surface area contributed by atoms with E-state index in [1.54, 1.807) is 14.2 Å². The number of hydrogen-bond acceptors (Lipinski definition) is 7. The number of fused-ring (bicyclic) bond motifs is 1. The first-order chi connectivity index (χ1) is 12.0. The van der Waals surface area contributed by atoms with Gasteiger partial charge < -0.3 is 19.7 Å². The monoisotopic (exact) mass is 366 g/mol. The van der Waals surface area contributed by atoms with Crippen molar-refractivity contribution in [2.45, 2.75) is 27.4 Å². The van der Waals surface area contributed by atoms with Crippen molar-refractivity contribution >= 4 is 27.5 Å². The van der Waals surface area contributed by atoms with Crippen LogP contribution in [0.3, 0.4) is 0 Å². The van der Waals surface area contributed by atoms with Gasteiger partial charge in [0.15, 0.2) is 5.82 Å². The van der Waals surface area contributed by atoms with Crippen LogP contribution in [-0.2, 0) is 11.3 Å². The van der Waals surface area contributed by atoms with Gasteiger partial charge in [-0.1, -0.05) is 13.8 Å². The first-order valence-electron chi connectivity index (χ1n) is 8.39. The van der Waals surface area contributed by atoms with Gasteiger partial charge in [0.05, 0.1) is 17.4 Å². The van der Waals surface area contributed by atoms with E-state index in [2.05, 4.69) is 34.0 Å². The largest absolute Gasteiger partial charge is 0.480 e. The van der Waals surface area contributed by atoms with Crippen LogP contribution in [0.2, 0.25) is 0 Å². The number of hydrogen-bond donors (Lipinski definition) is 1. The second-order valence-corrected chi connectivity index (χ2v) is 6.60. The predicted molar refractivity (Wildman–Crippen MR) is 99.5 cm³/mol. The number of carbonyl (C=O) groups is 1. The highest BCUT2D eigenvalue weighted by Crippen LogP contribution is 2.34. The third-order valence-corrected chi connectivity index (χ3v) is 5.27. The molecule has 0 fully saturated rings. The van der Waals surface area contributed by atoms with Crippen LogP contribution in [0.5, 0.6) is 5.88 Å². The van der Waals surface area contributed by atoms with Crippen molar-refractivity contribution in [3.05, 3.63) is 16.3 Å². The Morgan fingerprint density at radius 2 is 1.96 bits per heavy atom. The number of amides is 1. The van der Waals surface area contributed by atoms with Gasteiger partial charge in [0.1, 0.15) is 11.4 Å². The maximum atomic E-state index is 12.6. The molecule has 2 rings (SSSR count). The number of rotatable bonds is 9. The summed E-state index contributed by atoms with van der Waals surface area (Å²) in [6, 6.07) is 0. The number of nitrogens with one attached hydrogen (secondary N) is 1. The molecule has 138 valence electrons. The van der Waals surface area contributed by atoms with Crippen molar-refractivity contribution in [1.29, 1.82) is 0 Å². The molecule has 0 aromatic carbocycles. The molecule has 2 aromatic rings. The SMILES string of the molecule is CCN(CC)CCNC(=O)c1sc2nc(COC)nc(OC)c2c1C. The highest BCUT2D eigenvalue weighted by molar-refractivity contribution is 7.20. The summed E-state index contributed by atoms with van der Waals surface area (Å²) in [4.78, 5) is 25.1. The molecule has 8 heteroatoms. The maximum absolute atomic E-state index is 12.6. The number of likely N-dealkylation sites (N-methyl/N-ethyl adjacent to an activating group) is 1. The third-order valence-electron chi connectivity index (χ3n) is 4.08. The molecule has 0 saturated heterocycles. The molecule has 0 saturated carbocycles. The summed E-state index contributed by atoms with van der Waals surface area (Å²) in [5.41, 5.74) is 0.848. The topological polar surface area (TPSA) is 76.6 Å². The van der Waals surface area contributed by atoms with E-state index in [0.717, 1.165) is 35.4 Å². The average Bonchev–Trinajstić information content (AvgIpc) is 2.95. The summed E-state index contributed by atoms with van der Waals surface area (Å²) in [7, 11) is 3.16. The Morgan fingerprint density at radius 3 is 2.56 bits per heavy atom. The minimum atomic E-state index is -0.0806. The van der Waals surface area contributed by atoms with Crippen LogP contribution in [0.4, 0.5) is 0 Å². The molecular formula is C17H26N4O3S. The second kappa shape index (κ2) is 9.07. The van der Waals surface area contributed by atoms with Crippen LogP contribution in [0.1, 0.15) is 34.9 Å². The Morgan fingerprint density at radius 1 is 1.24 bits per heavy atom. The van der Waals surface area contributed by atoms with Crippen molar-refractivity contribution in [2.24, 2.45) is 0 Å². The van der Waals surface area contributed by atoms with Gasteiger partial charge >= 0.3 is 0 Å². The number of nitrogens with zero attached hydrogens (tertiary/aromatic N) is 3. The van der Waals surface area contributed by atoms with Crippen molar-refractivity contribution < 1.29 is 14.3 Å². The first-order valence-corrected chi connectivity index (χ1v) is 9.20. The van der Waals surface area contributed by atoms with E-state index in [4.69, 9.17) is 9.47 Å². The quantitative estimate of drug-likeness (QED) is 0.733. The molecule has 0 bridgehead atoms. The van der Waals surface area contributed by atoms with Crippen molar-refractivity contribution in [2.75, 3.05) is 40.4 Å². The molecule has 1 N–H and O–H groups in total. The summed E-state index contributed by atoms with van der Waals surface area (Å²) < 4.78 is 10.5. The minimum absolute atomic E-state index is 0.0806. The molecule has 0 radical (unpaired) electrons. The van der Waals surface area contributed by atoms with Crippen LogP contribution in [0.25, 0.3) is 10.2 Å². The lowest BCUT2D eigenvalue weighted by atomic mass is 10.2. The molecule has 25 heavy (non-hydrogen) atoms. The van der Waals surface area contributed by atoms with Gasteiger partial charge in [0.2, 0.25) is 5.88 Å². The van der Waals surface area contributed by atoms with Crippen LogP contribution in [-0.4, -0.2) is 61.2 Å². The average molecular weight is 366 g/mol. The van der Waals surface area contributed by atoms with Crippen LogP contribution in [0, 0.1) is 6.92 Å². The predicted octanol–water partition coefficient (Wildman–Crippen LogP) is 2.23. The van der Waals surface area contributed by atoms with Gasteiger partial charge in [-0.3, -0.25) is 4.79 Å². The number of carbonyl (C=O) groups excluding carboxylic acids is 1. The zero-order valence-electron chi connectivity index (χ0n) is 15.5. The zero-order valence-corrected chi connectivity index (χ0v) is 16.3. The molecule has 0 unspecified atom stereocenters. The normalized spacial score (nSPS) is 11.3. The number of ether oxygens (including phenoxy) is 2. The third kappa shape index (κ3) is 4.45. The molecule has 0 spiro atoms. The standard InChI is InChI=1S/C17H26N4O3S/c1-6-21(7-2)9-8-18-15(22)14-11(3)13-16(24-5)19-12(10-23-4)20-17(13)25-14/h6-10H2,1-5H3,(H,18,22). The molecule has 0 aliphatic heterocycles. The van der Waals surface area contributed by atoms with Crippen LogP contribution in [0.15, 0.2) is 0 Å². The zero-order chi connectivity index (χ0) is 18.4. The van der Waals surface area contributed by atoms with E-state index in [1.807, 2.05) is 6.92 Å². The lowest BCUT2D eigenvalue weighted by Gasteiger charge is -2.17. The van der Waals surface area contributed by atoms with Gasteiger partial charge in [-0.15, -0.1) is 11.3 Å². The number of thiophene rings is 1. The lowest BCUT2D eigenvalue weighted by Crippen LogP contribution is -2.34. The van der Waals surface area contributed by atoms with E-state index in [0.29, 0.717) is 29.7 Å². The van der Waals surface area contributed by atoms with Crippen LogP contribution >= 0.6 is 11.3 Å². The first kappa shape index (κ1) is 19.6. The summed E-state index contributed by atoms with van der Waals surface area (Å²) >= 11 is 1.36. The molecule has 1 amide bonds. The smallest absolute Gasteiger partial charge is 0.261 e. The fourth-order valence-corrected chi connectivity index (χ4v) is 3.76. The van der Waals surface area contributed by atoms with Gasteiger partial charge in [-0.05, 0) is 25.6 Å². The number of aromatic nitrogens is 2. The summed E-state index contributed by atoms with van der Waals surface area (Å²) in [6.45, 7) is 9.84. The van der Waals surface area contributed by atoms with E-state index < -0.39 is 0 Å². The van der Waals surface area contributed by atoms with Crippen molar-refractivity contribution in [3.8, 4) is 5.88 Å². The Labute approximate surface area is 152 Å². The van der Waals surface area contributed by atoms with E-state index >= 15 is 0 Å².